The second-order valence-electron chi connectivity index (χ2n) is 5.79. The SMILES string of the molecule is CCc1ccc(NC(=O)c2ccc(NCc3ccc(Cl)cc3)nn2)cc1. The van der Waals surface area contributed by atoms with Gasteiger partial charge in [0.15, 0.2) is 5.69 Å². The first-order valence-electron chi connectivity index (χ1n) is 8.36. The highest BCUT2D eigenvalue weighted by molar-refractivity contribution is 6.30. The van der Waals surface area contributed by atoms with E-state index in [4.69, 9.17) is 11.6 Å². The Morgan fingerprint density at radius 2 is 1.62 bits per heavy atom. The molecule has 2 N–H and O–H groups in total. The number of nitrogens with zero attached hydrogens (tertiary/aromatic N) is 2. The lowest BCUT2D eigenvalue weighted by Gasteiger charge is -2.07. The fraction of sp³-hybridized carbons (Fsp3) is 0.150. The standard InChI is InChI=1S/C20H19ClN4O/c1-2-14-5-9-17(10-6-14)23-20(26)18-11-12-19(25-24-18)22-13-15-3-7-16(21)8-4-15/h3-12H,2,13H2,1H3,(H,22,25)(H,23,26). The molecule has 1 amide bonds. The van der Waals surface area contributed by atoms with Crippen molar-refractivity contribution in [2.24, 2.45) is 0 Å². The fourth-order valence-electron chi connectivity index (χ4n) is 2.36. The van der Waals surface area contributed by atoms with E-state index in [1.165, 1.54) is 5.56 Å². The zero-order chi connectivity index (χ0) is 18.4. The van der Waals surface area contributed by atoms with Crippen molar-refractivity contribution >= 4 is 29.0 Å². The van der Waals surface area contributed by atoms with Gasteiger partial charge in [0.25, 0.3) is 5.91 Å². The Bertz CT molecular complexity index is 862. The molecule has 0 bridgehead atoms. The minimum Gasteiger partial charge on any atom is -0.365 e. The monoisotopic (exact) mass is 366 g/mol. The van der Waals surface area contributed by atoms with Gasteiger partial charge in [-0.15, -0.1) is 10.2 Å². The molecule has 26 heavy (non-hydrogen) atoms. The number of nitrogens with one attached hydrogen (secondary N) is 2. The van der Waals surface area contributed by atoms with Crippen LogP contribution in [0.2, 0.25) is 5.02 Å². The van der Waals surface area contributed by atoms with Crippen LogP contribution in [-0.4, -0.2) is 16.1 Å². The van der Waals surface area contributed by atoms with Gasteiger partial charge >= 0.3 is 0 Å². The summed E-state index contributed by atoms with van der Waals surface area (Å²) in [6, 6.07) is 18.7. The molecule has 0 spiro atoms. The van der Waals surface area contributed by atoms with Gasteiger partial charge in [-0.1, -0.05) is 42.8 Å². The van der Waals surface area contributed by atoms with Gasteiger partial charge in [-0.2, -0.15) is 0 Å². The van der Waals surface area contributed by atoms with Crippen LogP contribution in [0.3, 0.4) is 0 Å². The molecule has 0 radical (unpaired) electrons. The van der Waals surface area contributed by atoms with E-state index in [-0.39, 0.29) is 11.6 Å². The molecule has 3 rings (SSSR count). The Morgan fingerprint density at radius 3 is 2.23 bits per heavy atom. The number of carbonyl (C=O) groups is 1. The first-order chi connectivity index (χ1) is 12.6. The van der Waals surface area contributed by atoms with Gasteiger partial charge in [0.2, 0.25) is 0 Å². The number of benzene rings is 2. The summed E-state index contributed by atoms with van der Waals surface area (Å²) in [5.41, 5.74) is 3.30. The normalized spacial score (nSPS) is 10.4. The van der Waals surface area contributed by atoms with Crippen LogP contribution in [0.25, 0.3) is 0 Å². The molecule has 1 heterocycles. The molecule has 2 aromatic carbocycles. The van der Waals surface area contributed by atoms with Gasteiger partial charge in [-0.3, -0.25) is 4.79 Å². The number of halogens is 1. The average Bonchev–Trinajstić information content (AvgIpc) is 2.68. The molecule has 5 nitrogen and oxygen atoms in total. The van der Waals surface area contributed by atoms with Crippen molar-refractivity contribution in [3.8, 4) is 0 Å². The lowest BCUT2D eigenvalue weighted by atomic mass is 10.1. The zero-order valence-electron chi connectivity index (χ0n) is 14.4. The van der Waals surface area contributed by atoms with Gasteiger partial charge in [-0.25, -0.2) is 0 Å². The molecule has 0 aliphatic rings. The number of aromatic nitrogens is 2. The van der Waals surface area contributed by atoms with E-state index < -0.39 is 0 Å². The minimum absolute atomic E-state index is 0.265. The number of amides is 1. The summed E-state index contributed by atoms with van der Waals surface area (Å²) in [4.78, 5) is 12.2. The quantitative estimate of drug-likeness (QED) is 0.671. The number of hydrogen-bond acceptors (Lipinski definition) is 4. The van der Waals surface area contributed by atoms with Crippen molar-refractivity contribution in [1.29, 1.82) is 0 Å². The van der Waals surface area contributed by atoms with Gasteiger partial charge < -0.3 is 10.6 Å². The van der Waals surface area contributed by atoms with E-state index in [1.54, 1.807) is 12.1 Å². The van der Waals surface area contributed by atoms with Crippen molar-refractivity contribution in [3.63, 3.8) is 0 Å². The van der Waals surface area contributed by atoms with Crippen molar-refractivity contribution < 1.29 is 4.79 Å². The molecular weight excluding hydrogens is 348 g/mol. The molecule has 0 aliphatic carbocycles. The maximum atomic E-state index is 12.2. The predicted molar refractivity (Wildman–Crippen MR) is 105 cm³/mol. The third-order valence-corrected chi connectivity index (χ3v) is 4.16. The summed E-state index contributed by atoms with van der Waals surface area (Å²) < 4.78 is 0. The van der Waals surface area contributed by atoms with E-state index in [2.05, 4.69) is 27.8 Å². The third-order valence-electron chi connectivity index (χ3n) is 3.90. The van der Waals surface area contributed by atoms with Crippen molar-refractivity contribution in [2.75, 3.05) is 10.6 Å². The van der Waals surface area contributed by atoms with Crippen LogP contribution in [-0.2, 0) is 13.0 Å². The Kier molecular flexibility index (Phi) is 5.81. The molecular formula is C20H19ClN4O. The highest BCUT2D eigenvalue weighted by Gasteiger charge is 2.08. The fourth-order valence-corrected chi connectivity index (χ4v) is 2.49. The summed E-state index contributed by atoms with van der Waals surface area (Å²) in [6.45, 7) is 2.69. The Balaban J connectivity index is 1.57. The summed E-state index contributed by atoms with van der Waals surface area (Å²) >= 11 is 5.87. The smallest absolute Gasteiger partial charge is 0.276 e. The maximum absolute atomic E-state index is 12.2. The van der Waals surface area contributed by atoms with E-state index in [1.807, 2.05) is 48.5 Å². The number of hydrogen-bond donors (Lipinski definition) is 2. The topological polar surface area (TPSA) is 66.9 Å². The molecule has 1 aromatic heterocycles. The van der Waals surface area contributed by atoms with E-state index >= 15 is 0 Å². The summed E-state index contributed by atoms with van der Waals surface area (Å²) in [5.74, 6) is 0.315. The van der Waals surface area contributed by atoms with Crippen LogP contribution in [0.5, 0.6) is 0 Å². The lowest BCUT2D eigenvalue weighted by Crippen LogP contribution is -2.15. The first-order valence-corrected chi connectivity index (χ1v) is 8.74. The molecule has 132 valence electrons. The Hall–Kier alpha value is -2.92. The van der Waals surface area contributed by atoms with Gasteiger partial charge in [0, 0.05) is 17.3 Å². The summed E-state index contributed by atoms with van der Waals surface area (Å²) in [6.07, 6.45) is 0.962. The van der Waals surface area contributed by atoms with Crippen LogP contribution in [0.15, 0.2) is 60.7 Å². The summed E-state index contributed by atoms with van der Waals surface area (Å²) in [7, 11) is 0. The molecule has 3 aromatic rings. The van der Waals surface area contributed by atoms with Crippen LogP contribution >= 0.6 is 11.6 Å². The molecule has 0 saturated carbocycles. The minimum atomic E-state index is -0.286. The lowest BCUT2D eigenvalue weighted by molar-refractivity contribution is 0.102. The van der Waals surface area contributed by atoms with Gasteiger partial charge in [0.05, 0.1) is 0 Å². The second-order valence-corrected chi connectivity index (χ2v) is 6.22. The first kappa shape index (κ1) is 17.9. The number of anilines is 2. The molecule has 6 heteroatoms. The third kappa shape index (κ3) is 4.80. The Morgan fingerprint density at radius 1 is 0.923 bits per heavy atom. The zero-order valence-corrected chi connectivity index (χ0v) is 15.1. The highest BCUT2D eigenvalue weighted by Crippen LogP contribution is 2.13. The van der Waals surface area contributed by atoms with Crippen molar-refractivity contribution in [2.45, 2.75) is 19.9 Å². The maximum Gasteiger partial charge on any atom is 0.276 e. The van der Waals surface area contributed by atoms with Crippen LogP contribution < -0.4 is 10.6 Å². The summed E-state index contributed by atoms with van der Waals surface area (Å²) in [5, 5.41) is 14.7. The molecule has 0 unspecified atom stereocenters. The van der Waals surface area contributed by atoms with Crippen LogP contribution in [0.4, 0.5) is 11.5 Å². The van der Waals surface area contributed by atoms with Crippen molar-refractivity contribution in [3.05, 3.63) is 82.5 Å². The van der Waals surface area contributed by atoms with E-state index in [9.17, 15) is 4.79 Å². The van der Waals surface area contributed by atoms with E-state index in [0.717, 1.165) is 17.7 Å². The average molecular weight is 367 g/mol. The highest BCUT2D eigenvalue weighted by atomic mass is 35.5. The van der Waals surface area contributed by atoms with Crippen LogP contribution in [0.1, 0.15) is 28.5 Å². The largest absolute Gasteiger partial charge is 0.365 e. The van der Waals surface area contributed by atoms with Gasteiger partial charge in [-0.05, 0) is 53.9 Å². The molecule has 0 saturated heterocycles. The number of aryl methyl sites for hydroxylation is 1. The molecule has 0 atom stereocenters. The Labute approximate surface area is 157 Å². The predicted octanol–water partition coefficient (Wildman–Crippen LogP) is 4.56. The second kappa shape index (κ2) is 8.45. The number of rotatable bonds is 6. The number of carbonyl (C=O) groups excluding carboxylic acids is 1. The van der Waals surface area contributed by atoms with Crippen molar-refractivity contribution in [1.82, 2.24) is 10.2 Å². The molecule has 0 aliphatic heterocycles. The van der Waals surface area contributed by atoms with Crippen LogP contribution in [0, 0.1) is 0 Å². The van der Waals surface area contributed by atoms with E-state index in [0.29, 0.717) is 17.4 Å². The van der Waals surface area contributed by atoms with Gasteiger partial charge in [0.1, 0.15) is 5.82 Å². The molecule has 0 fully saturated rings.